The third-order valence-corrected chi connectivity index (χ3v) is 4.53. The number of rotatable bonds is 6. The van der Waals surface area contributed by atoms with Gasteiger partial charge in [0.15, 0.2) is 0 Å². The molecule has 2 amide bonds. The Balaban J connectivity index is 2.14. The van der Waals surface area contributed by atoms with Crippen molar-refractivity contribution in [2.24, 2.45) is 0 Å². The molecule has 0 heterocycles. The molecule has 1 aromatic rings. The lowest BCUT2D eigenvalue weighted by atomic mass is 9.87. The van der Waals surface area contributed by atoms with Crippen molar-refractivity contribution in [3.63, 3.8) is 0 Å². The van der Waals surface area contributed by atoms with Gasteiger partial charge in [-0.05, 0) is 44.2 Å². The van der Waals surface area contributed by atoms with Crippen LogP contribution in [0.5, 0.6) is 0 Å². The lowest BCUT2D eigenvalue weighted by Gasteiger charge is -2.36. The van der Waals surface area contributed by atoms with E-state index in [1.54, 1.807) is 12.0 Å². The summed E-state index contributed by atoms with van der Waals surface area (Å²) in [5.41, 5.74) is 2.09. The Bertz CT molecular complexity index is 531. The molecule has 23 heavy (non-hydrogen) atoms. The fraction of sp³-hybridized carbons (Fsp3) is 0.611. The zero-order valence-corrected chi connectivity index (χ0v) is 14.3. The molecule has 0 aromatic heterocycles. The molecule has 0 aliphatic heterocycles. The topological polar surface area (TPSA) is 61.8 Å². The number of urea groups is 1. The van der Waals surface area contributed by atoms with Crippen LogP contribution in [-0.4, -0.2) is 48.4 Å². The number of aryl methyl sites for hydroxylation is 1. The van der Waals surface area contributed by atoms with Crippen molar-refractivity contribution in [1.82, 2.24) is 10.2 Å². The highest BCUT2D eigenvalue weighted by molar-refractivity contribution is 5.75. The van der Waals surface area contributed by atoms with Crippen LogP contribution in [0.15, 0.2) is 24.3 Å². The molecule has 128 valence electrons. The molecule has 0 spiro atoms. The van der Waals surface area contributed by atoms with E-state index in [-0.39, 0.29) is 18.7 Å². The van der Waals surface area contributed by atoms with Crippen LogP contribution in [0.4, 0.5) is 4.79 Å². The highest BCUT2D eigenvalue weighted by Gasteiger charge is 2.29. The SMILES string of the molecule is COC(C)(C)CNC(=O)N(CCO)C1CCCc2ccccc21. The first-order valence-electron chi connectivity index (χ1n) is 8.27. The van der Waals surface area contributed by atoms with Gasteiger partial charge >= 0.3 is 6.03 Å². The Hall–Kier alpha value is -1.59. The molecule has 0 saturated carbocycles. The monoisotopic (exact) mass is 320 g/mol. The summed E-state index contributed by atoms with van der Waals surface area (Å²) in [5.74, 6) is 0. The Labute approximate surface area is 138 Å². The van der Waals surface area contributed by atoms with E-state index in [2.05, 4.69) is 17.4 Å². The van der Waals surface area contributed by atoms with E-state index in [0.717, 1.165) is 19.3 Å². The summed E-state index contributed by atoms with van der Waals surface area (Å²) in [6, 6.07) is 8.16. The van der Waals surface area contributed by atoms with E-state index >= 15 is 0 Å². The van der Waals surface area contributed by atoms with Crippen LogP contribution < -0.4 is 5.32 Å². The second-order valence-corrected chi connectivity index (χ2v) is 6.65. The summed E-state index contributed by atoms with van der Waals surface area (Å²) in [4.78, 5) is 14.4. The summed E-state index contributed by atoms with van der Waals surface area (Å²) < 4.78 is 5.35. The first-order valence-corrected chi connectivity index (χ1v) is 8.27. The number of aliphatic hydroxyl groups is 1. The Morgan fingerprint density at radius 2 is 2.17 bits per heavy atom. The second kappa shape index (κ2) is 7.79. The van der Waals surface area contributed by atoms with E-state index in [1.165, 1.54) is 11.1 Å². The normalized spacial score (nSPS) is 17.5. The molecule has 0 saturated heterocycles. The number of amides is 2. The van der Waals surface area contributed by atoms with E-state index in [0.29, 0.717) is 13.1 Å². The minimum absolute atomic E-state index is 0.0257. The first kappa shape index (κ1) is 17.8. The van der Waals surface area contributed by atoms with Crippen LogP contribution in [0.1, 0.15) is 43.9 Å². The van der Waals surface area contributed by atoms with Gasteiger partial charge in [-0.3, -0.25) is 0 Å². The van der Waals surface area contributed by atoms with Crippen molar-refractivity contribution in [2.45, 2.75) is 44.8 Å². The lowest BCUT2D eigenvalue weighted by molar-refractivity contribution is 0.0235. The molecular weight excluding hydrogens is 292 g/mol. The Morgan fingerprint density at radius 3 is 2.87 bits per heavy atom. The maximum Gasteiger partial charge on any atom is 0.318 e. The van der Waals surface area contributed by atoms with E-state index < -0.39 is 5.60 Å². The van der Waals surface area contributed by atoms with Crippen LogP contribution >= 0.6 is 0 Å². The molecule has 0 bridgehead atoms. The predicted molar refractivity (Wildman–Crippen MR) is 90.4 cm³/mol. The highest BCUT2D eigenvalue weighted by atomic mass is 16.5. The summed E-state index contributed by atoms with van der Waals surface area (Å²) in [6.07, 6.45) is 3.04. The third kappa shape index (κ3) is 4.45. The number of hydrogen-bond donors (Lipinski definition) is 2. The fourth-order valence-electron chi connectivity index (χ4n) is 3.02. The van der Waals surface area contributed by atoms with Crippen LogP contribution in [0.25, 0.3) is 0 Å². The zero-order valence-electron chi connectivity index (χ0n) is 14.3. The molecule has 1 aliphatic carbocycles. The van der Waals surface area contributed by atoms with Gasteiger partial charge in [-0.25, -0.2) is 4.79 Å². The average molecular weight is 320 g/mol. The van der Waals surface area contributed by atoms with Gasteiger partial charge in [0.1, 0.15) is 0 Å². The molecule has 1 aromatic carbocycles. The average Bonchev–Trinajstić information content (AvgIpc) is 2.57. The van der Waals surface area contributed by atoms with Gasteiger partial charge < -0.3 is 20.1 Å². The molecule has 1 aliphatic rings. The van der Waals surface area contributed by atoms with Crippen LogP contribution in [-0.2, 0) is 11.2 Å². The third-order valence-electron chi connectivity index (χ3n) is 4.53. The molecule has 2 rings (SSSR count). The number of hydrogen-bond acceptors (Lipinski definition) is 3. The number of aliphatic hydroxyl groups excluding tert-OH is 1. The molecule has 2 N–H and O–H groups in total. The minimum Gasteiger partial charge on any atom is -0.395 e. The standard InChI is InChI=1S/C18H28N2O3/c1-18(2,23-3)13-19-17(22)20(11-12-21)16-10-6-8-14-7-4-5-9-15(14)16/h4-5,7,9,16,21H,6,8,10-13H2,1-3H3,(H,19,22). The van der Waals surface area contributed by atoms with Crippen molar-refractivity contribution in [3.8, 4) is 0 Å². The Morgan fingerprint density at radius 1 is 1.43 bits per heavy atom. The number of ether oxygens (including phenoxy) is 1. The first-order chi connectivity index (χ1) is 11.0. The van der Waals surface area contributed by atoms with E-state index in [9.17, 15) is 9.90 Å². The van der Waals surface area contributed by atoms with Gasteiger partial charge in [0.2, 0.25) is 0 Å². The summed E-state index contributed by atoms with van der Waals surface area (Å²) in [7, 11) is 1.63. The minimum atomic E-state index is -0.412. The molecule has 0 fully saturated rings. The van der Waals surface area contributed by atoms with Gasteiger partial charge in [0.25, 0.3) is 0 Å². The fourth-order valence-corrected chi connectivity index (χ4v) is 3.02. The summed E-state index contributed by atoms with van der Waals surface area (Å²) in [6.45, 7) is 4.58. The number of nitrogens with one attached hydrogen (secondary N) is 1. The predicted octanol–water partition coefficient (Wildman–Crippen LogP) is 2.49. The van der Waals surface area contributed by atoms with Crippen molar-refractivity contribution >= 4 is 6.03 Å². The van der Waals surface area contributed by atoms with Crippen molar-refractivity contribution in [2.75, 3.05) is 26.8 Å². The van der Waals surface area contributed by atoms with Crippen LogP contribution in [0.3, 0.4) is 0 Å². The molecular formula is C18H28N2O3. The number of carbonyl (C=O) groups is 1. The number of carbonyl (C=O) groups excluding carboxylic acids is 1. The maximum absolute atomic E-state index is 12.7. The van der Waals surface area contributed by atoms with Crippen molar-refractivity contribution in [1.29, 1.82) is 0 Å². The Kier molecular flexibility index (Phi) is 6.02. The van der Waals surface area contributed by atoms with Gasteiger partial charge in [-0.15, -0.1) is 0 Å². The van der Waals surface area contributed by atoms with E-state index in [1.807, 2.05) is 26.0 Å². The number of methoxy groups -OCH3 is 1. The smallest absolute Gasteiger partial charge is 0.318 e. The maximum atomic E-state index is 12.7. The molecule has 0 radical (unpaired) electrons. The molecule has 5 heteroatoms. The number of nitrogens with zero attached hydrogens (tertiary/aromatic N) is 1. The lowest BCUT2D eigenvalue weighted by Crippen LogP contribution is -2.48. The van der Waals surface area contributed by atoms with Crippen LogP contribution in [0.2, 0.25) is 0 Å². The second-order valence-electron chi connectivity index (χ2n) is 6.65. The summed E-state index contributed by atoms with van der Waals surface area (Å²) in [5, 5.41) is 12.3. The zero-order chi connectivity index (χ0) is 16.9. The molecule has 1 atom stereocenters. The van der Waals surface area contributed by atoms with Gasteiger partial charge in [-0.1, -0.05) is 24.3 Å². The summed E-state index contributed by atoms with van der Waals surface area (Å²) >= 11 is 0. The van der Waals surface area contributed by atoms with E-state index in [4.69, 9.17) is 4.74 Å². The van der Waals surface area contributed by atoms with Crippen LogP contribution in [0, 0.1) is 0 Å². The van der Waals surface area contributed by atoms with Gasteiger partial charge in [0, 0.05) is 20.2 Å². The molecule has 1 unspecified atom stereocenters. The molecule has 5 nitrogen and oxygen atoms in total. The highest BCUT2D eigenvalue weighted by Crippen LogP contribution is 2.34. The van der Waals surface area contributed by atoms with Crippen molar-refractivity contribution in [3.05, 3.63) is 35.4 Å². The van der Waals surface area contributed by atoms with Crippen molar-refractivity contribution < 1.29 is 14.6 Å². The number of benzene rings is 1. The van der Waals surface area contributed by atoms with Gasteiger partial charge in [0.05, 0.1) is 18.2 Å². The van der Waals surface area contributed by atoms with Gasteiger partial charge in [-0.2, -0.15) is 0 Å². The largest absolute Gasteiger partial charge is 0.395 e. The quantitative estimate of drug-likeness (QED) is 0.846. The number of fused-ring (bicyclic) bond motifs is 1.